The Kier molecular flexibility index (Phi) is 22.3. The smallest absolute Gasteiger partial charge is 0.319 e. The first-order valence-electron chi connectivity index (χ1n) is 17.7. The van der Waals surface area contributed by atoms with E-state index in [1.165, 1.54) is 42.5 Å². The van der Waals surface area contributed by atoms with E-state index < -0.39 is 99.8 Å². The number of nitrogen functional groups attached to an aromatic ring is 3. The van der Waals surface area contributed by atoms with Gasteiger partial charge < -0.3 is 37.8 Å². The van der Waals surface area contributed by atoms with Crippen LogP contribution in [0.2, 0.25) is 0 Å². The predicted octanol–water partition coefficient (Wildman–Crippen LogP) is 5.76. The van der Waals surface area contributed by atoms with Gasteiger partial charge in [-0.1, -0.05) is 6.07 Å². The van der Waals surface area contributed by atoms with E-state index in [1.54, 1.807) is 24.3 Å². The van der Waals surface area contributed by atoms with Crippen LogP contribution in [0.1, 0.15) is 0 Å². The maximum atomic E-state index is 11.3. The number of nitrogens with two attached hydrogens (primary N) is 3. The number of aromatic hydroxyl groups is 3. The molecule has 13 N–H and O–H groups in total. The molecule has 0 fully saturated rings. The van der Waals surface area contributed by atoms with E-state index in [0.717, 1.165) is 36.4 Å². The Morgan fingerprint density at radius 3 is 1.51 bits per heavy atom. The first-order chi connectivity index (χ1) is 31.9. The quantitative estimate of drug-likeness (QED) is 0.0184. The van der Waals surface area contributed by atoms with Crippen LogP contribution in [0.5, 0.6) is 17.2 Å². The molecule has 0 aliphatic rings. The molecule has 373 valence electrons. The number of azo groups is 1. The van der Waals surface area contributed by atoms with Crippen molar-refractivity contribution in [3.8, 4) is 17.2 Å². The summed E-state index contributed by atoms with van der Waals surface area (Å²) in [4.78, 5) is 37.7. The second-order valence-electron chi connectivity index (χ2n) is 12.9. The monoisotopic (exact) mass is 1100 g/mol. The van der Waals surface area contributed by atoms with E-state index in [0.29, 0.717) is 29.2 Å². The van der Waals surface area contributed by atoms with Crippen LogP contribution in [0, 0.1) is 40.5 Å². The molecule has 6 aromatic rings. The van der Waals surface area contributed by atoms with Crippen molar-refractivity contribution < 1.29 is 91.0 Å². The number of non-ortho nitro benzene ring substituents is 3. The Bertz CT molecular complexity index is 3340. The summed E-state index contributed by atoms with van der Waals surface area (Å²) < 4.78 is 91.4. The number of nitrogens with zero attached hydrogens (tertiary/aromatic N) is 6. The minimum atomic E-state index is -4.61. The summed E-state index contributed by atoms with van der Waals surface area (Å²) in [5, 5.41) is 80.7. The summed E-state index contributed by atoms with van der Waals surface area (Å²) in [6.45, 7) is 0. The summed E-state index contributed by atoms with van der Waals surface area (Å²) in [5.74, 6) is -1.56. The third-order valence-electron chi connectivity index (χ3n) is 7.97. The second kappa shape index (κ2) is 25.8. The zero-order valence-electron chi connectivity index (χ0n) is 35.4. The molecule has 0 saturated heterocycles. The van der Waals surface area contributed by atoms with E-state index in [4.69, 9.17) is 31.4 Å². The molecule has 0 aliphatic carbocycles. The van der Waals surface area contributed by atoms with Gasteiger partial charge in [0.1, 0.15) is 32.7 Å². The van der Waals surface area contributed by atoms with Gasteiger partial charge in [-0.15, -0.1) is 10.2 Å². The molecule has 0 atom stereocenters. The van der Waals surface area contributed by atoms with Crippen LogP contribution in [0.4, 0.5) is 62.6 Å². The van der Waals surface area contributed by atoms with Crippen LogP contribution in [0.25, 0.3) is 0 Å². The van der Waals surface area contributed by atoms with Crippen LogP contribution in [-0.2, 0) is 47.4 Å². The summed E-state index contributed by atoms with van der Waals surface area (Å²) in [6.07, 6.45) is 0. The average molecular weight is 1100 g/mol. The first kappa shape index (κ1) is 61.4. The minimum absolute atomic E-state index is 0. The van der Waals surface area contributed by atoms with E-state index in [-0.39, 0.29) is 74.3 Å². The van der Waals surface area contributed by atoms with Crippen molar-refractivity contribution in [1.29, 1.82) is 0 Å². The fourth-order valence-corrected chi connectivity index (χ4v) is 6.65. The Labute approximate surface area is 431 Å². The van der Waals surface area contributed by atoms with Gasteiger partial charge in [-0.2, -0.15) is 25.3 Å². The maximum Gasteiger partial charge on any atom is 0.319 e. The minimum Gasteiger partial charge on any atom is -0.508 e. The van der Waals surface area contributed by atoms with Crippen LogP contribution >= 0.6 is 0 Å². The molecule has 0 unspecified atom stereocenters. The standard InChI is InChI=1S/C12H8N4O7.C12H11N3O5S.C6H6N2O5S.C6H7NO3S.Fe.Na/c17-7-1-2-8(11(18)5-7)13-14-9-3-6(15(20)21)4-10(12(9)19)16(22)23;13-8-1-3-9(4-2-8)14-11-6-5-10(15(16)17)7-12(11)21(18,19)20;7-5-2-1-4(8(9)10)3-6(5)14(11,12)13;7-5-2-1-3-6(4-5)11(8,9)10;;/h1-5,17-19H;1-7,14H,13H2,(H,18,19,20);1-3H,7H2,(H,11,12,13);1-4H,7H2,(H,8,9,10);;. The van der Waals surface area contributed by atoms with Gasteiger partial charge in [0.05, 0.1) is 42.0 Å². The Morgan fingerprint density at radius 2 is 1.04 bits per heavy atom. The molecule has 0 aliphatic heterocycles. The number of hydrogen-bond acceptors (Lipinski definition) is 23. The van der Waals surface area contributed by atoms with Gasteiger partial charge in [0.15, 0.2) is 0 Å². The van der Waals surface area contributed by atoms with E-state index in [2.05, 4.69) is 15.5 Å². The molecule has 0 aromatic heterocycles. The van der Waals surface area contributed by atoms with Crippen LogP contribution in [0.15, 0.2) is 140 Å². The van der Waals surface area contributed by atoms with Crippen LogP contribution in [0.3, 0.4) is 0 Å². The molecule has 0 spiro atoms. The number of nitro benzene ring substituents is 4. The first-order valence-corrected chi connectivity index (χ1v) is 22.0. The molecule has 35 heteroatoms. The number of anilines is 5. The third kappa shape index (κ3) is 18.7. The molecule has 30 nitrogen and oxygen atoms in total. The third-order valence-corrected chi connectivity index (χ3v) is 10.6. The molecule has 0 heterocycles. The van der Waals surface area contributed by atoms with Gasteiger partial charge >= 0.3 is 5.69 Å². The van der Waals surface area contributed by atoms with Crippen molar-refractivity contribution in [2.24, 2.45) is 10.2 Å². The van der Waals surface area contributed by atoms with Crippen molar-refractivity contribution in [3.05, 3.63) is 156 Å². The van der Waals surface area contributed by atoms with Crippen molar-refractivity contribution in [2.75, 3.05) is 22.5 Å². The van der Waals surface area contributed by atoms with Crippen molar-refractivity contribution in [3.63, 3.8) is 0 Å². The molecule has 0 amide bonds. The van der Waals surface area contributed by atoms with Crippen LogP contribution < -0.4 is 22.5 Å². The SMILES string of the molecule is Nc1ccc(Nc2ccc([N+](=O)[O-])cc2S(=O)(=O)O)cc1.Nc1ccc([N+](=O)[O-])cc1S(=O)(=O)O.Nc1cccc(S(=O)(=O)O)c1.O=[N+]([O-])c1cc(N=Nc2ccc(O)cc2O)c(O)c([N+](=O)[O-])c1.[Fe].[Na]. The maximum absolute atomic E-state index is 11.3. The summed E-state index contributed by atoms with van der Waals surface area (Å²) >= 11 is 0. The molecule has 6 rings (SSSR count). The Balaban J connectivity index is 0.000000486. The number of nitro groups is 4. The Morgan fingerprint density at radius 1 is 0.521 bits per heavy atom. The van der Waals surface area contributed by atoms with Crippen molar-refractivity contribution in [2.45, 2.75) is 14.7 Å². The molecule has 0 saturated carbocycles. The normalized spacial score (nSPS) is 10.7. The van der Waals surface area contributed by atoms with Crippen molar-refractivity contribution in [1.82, 2.24) is 0 Å². The average Bonchev–Trinajstić information content (AvgIpc) is 3.24. The van der Waals surface area contributed by atoms with Gasteiger partial charge in [-0.05, 0) is 66.7 Å². The van der Waals surface area contributed by atoms with E-state index >= 15 is 0 Å². The topological polar surface area (TPSA) is 511 Å². The number of benzene rings is 6. The van der Waals surface area contributed by atoms with Crippen molar-refractivity contribution >= 4 is 122 Å². The number of phenols is 3. The molecule has 0 bridgehead atoms. The van der Waals surface area contributed by atoms with Crippen LogP contribution in [-0.4, -0.2) is 103 Å². The molecular weight excluding hydrogens is 1070 g/mol. The zero-order chi connectivity index (χ0) is 52.2. The van der Waals surface area contributed by atoms with Gasteiger partial charge in [-0.25, -0.2) is 0 Å². The number of phenolic OH excluding ortho intramolecular Hbond substituents is 3. The number of hydrogen-bond donors (Lipinski definition) is 10. The molecule has 6 aromatic carbocycles. The van der Waals surface area contributed by atoms with Gasteiger partial charge in [0.25, 0.3) is 47.4 Å². The van der Waals surface area contributed by atoms with E-state index in [9.17, 15) is 80.5 Å². The fourth-order valence-electron chi connectivity index (χ4n) is 4.81. The second-order valence-corrected chi connectivity index (χ2v) is 17.1. The predicted molar refractivity (Wildman–Crippen MR) is 246 cm³/mol. The molecule has 1 radical (unpaired) electrons. The van der Waals surface area contributed by atoms with Gasteiger partial charge in [0.2, 0.25) is 5.75 Å². The summed E-state index contributed by atoms with van der Waals surface area (Å²) in [6, 6.07) is 22.5. The molecule has 71 heavy (non-hydrogen) atoms. The van der Waals surface area contributed by atoms with E-state index in [1.807, 2.05) is 0 Å². The summed E-state index contributed by atoms with van der Waals surface area (Å²) in [7, 11) is -13.2. The number of rotatable bonds is 11. The number of nitrogens with one attached hydrogen (secondary N) is 1. The Hall–Kier alpha value is -7.63. The van der Waals surface area contributed by atoms with Gasteiger partial charge in [-0.3, -0.25) is 54.1 Å². The largest absolute Gasteiger partial charge is 0.508 e. The zero-order valence-corrected chi connectivity index (χ0v) is 40.9. The van der Waals surface area contributed by atoms with Gasteiger partial charge in [0, 0.05) is 100 Å². The molecular formula is C36H32FeN10NaO20S3. The summed E-state index contributed by atoms with van der Waals surface area (Å²) in [5.41, 5.74) is 14.1. The fraction of sp³-hybridized carbons (Fsp3) is 0.